The van der Waals surface area contributed by atoms with Gasteiger partial charge < -0.3 is 26.2 Å². The number of amides is 5. The molecular weight excluding hydrogens is 686 g/mol. The molecule has 0 spiro atoms. The first kappa shape index (κ1) is 40.5. The molecule has 2 heterocycles. The van der Waals surface area contributed by atoms with E-state index in [-0.39, 0.29) is 35.8 Å². The number of nitrogens with one attached hydrogen (secondary N) is 4. The lowest BCUT2D eigenvalue weighted by Crippen LogP contribution is -2.62. The van der Waals surface area contributed by atoms with E-state index in [1.165, 1.54) is 18.6 Å². The van der Waals surface area contributed by atoms with Crippen molar-refractivity contribution in [1.82, 2.24) is 36.1 Å². The fourth-order valence-corrected chi connectivity index (χ4v) is 8.48. The second-order valence-corrected chi connectivity index (χ2v) is 16.4. The SMILES string of the molecule is CCCC(NC(=O)[C@@H]1[C@H]2CCC[C@H]2CN1C(=O)[C@@H](NC(=O)[C@H](NC(=O)c1cnccn1)C1CCCCC1)C(C)(C)C)C(=O)C(=O)N[C@@H](C)c1ccccc1. The molecule has 3 aliphatic rings. The number of likely N-dealkylation sites (tertiary alicyclic amines) is 1. The Morgan fingerprint density at radius 3 is 2.24 bits per heavy atom. The van der Waals surface area contributed by atoms with Gasteiger partial charge >= 0.3 is 0 Å². The largest absolute Gasteiger partial charge is 0.344 e. The van der Waals surface area contributed by atoms with Gasteiger partial charge in [-0.2, -0.15) is 0 Å². The first-order valence-electron chi connectivity index (χ1n) is 19.7. The van der Waals surface area contributed by atoms with Crippen molar-refractivity contribution >= 4 is 35.3 Å². The van der Waals surface area contributed by atoms with Gasteiger partial charge in [-0.05, 0) is 67.8 Å². The number of fused-ring (bicyclic) bond motifs is 1. The van der Waals surface area contributed by atoms with E-state index in [9.17, 15) is 28.8 Å². The van der Waals surface area contributed by atoms with Crippen LogP contribution in [0, 0.1) is 23.2 Å². The van der Waals surface area contributed by atoms with Crippen LogP contribution in [0.15, 0.2) is 48.9 Å². The maximum absolute atomic E-state index is 14.7. The summed E-state index contributed by atoms with van der Waals surface area (Å²) in [6.45, 7) is 9.61. The molecule has 2 saturated carbocycles. The average Bonchev–Trinajstić information content (AvgIpc) is 3.77. The zero-order valence-electron chi connectivity index (χ0n) is 32.3. The molecule has 13 nitrogen and oxygen atoms in total. The van der Waals surface area contributed by atoms with Gasteiger partial charge in [0, 0.05) is 18.9 Å². The monoisotopic (exact) mass is 743 g/mol. The first-order chi connectivity index (χ1) is 25.8. The predicted octanol–water partition coefficient (Wildman–Crippen LogP) is 4.04. The molecule has 292 valence electrons. The van der Waals surface area contributed by atoms with Gasteiger partial charge in [0.15, 0.2) is 0 Å². The molecule has 0 radical (unpaired) electrons. The smallest absolute Gasteiger partial charge is 0.290 e. The molecule has 13 heteroatoms. The first-order valence-corrected chi connectivity index (χ1v) is 19.7. The highest BCUT2D eigenvalue weighted by Crippen LogP contribution is 2.43. The molecule has 1 aliphatic heterocycles. The highest BCUT2D eigenvalue weighted by molar-refractivity contribution is 6.38. The molecule has 1 aromatic carbocycles. The Labute approximate surface area is 318 Å². The van der Waals surface area contributed by atoms with Crippen LogP contribution in [0.5, 0.6) is 0 Å². The Morgan fingerprint density at radius 2 is 1.59 bits per heavy atom. The van der Waals surface area contributed by atoms with Crippen molar-refractivity contribution in [2.75, 3.05) is 6.54 Å². The molecule has 0 bridgehead atoms. The number of rotatable bonds is 14. The second kappa shape index (κ2) is 18.1. The number of carbonyl (C=O) groups is 6. The fraction of sp³-hybridized carbons (Fsp3) is 0.610. The normalized spacial score (nSPS) is 22.2. The van der Waals surface area contributed by atoms with Gasteiger partial charge in [0.25, 0.3) is 11.8 Å². The maximum atomic E-state index is 14.7. The maximum Gasteiger partial charge on any atom is 0.290 e. The minimum absolute atomic E-state index is 0.0927. The van der Waals surface area contributed by atoms with Crippen molar-refractivity contribution in [3.05, 3.63) is 60.2 Å². The summed E-state index contributed by atoms with van der Waals surface area (Å²) in [5, 5.41) is 11.6. The number of aromatic nitrogens is 2. The van der Waals surface area contributed by atoms with E-state index in [1.54, 1.807) is 11.8 Å². The Hall–Kier alpha value is -4.68. The van der Waals surface area contributed by atoms with Crippen molar-refractivity contribution in [3.63, 3.8) is 0 Å². The van der Waals surface area contributed by atoms with Gasteiger partial charge in [-0.3, -0.25) is 33.8 Å². The van der Waals surface area contributed by atoms with E-state index >= 15 is 0 Å². The topological polar surface area (TPSA) is 180 Å². The highest BCUT2D eigenvalue weighted by atomic mass is 16.2. The zero-order chi connectivity index (χ0) is 39.0. The molecule has 1 saturated heterocycles. The van der Waals surface area contributed by atoms with Crippen molar-refractivity contribution < 1.29 is 28.8 Å². The van der Waals surface area contributed by atoms with E-state index in [2.05, 4.69) is 31.2 Å². The van der Waals surface area contributed by atoms with Gasteiger partial charge in [-0.1, -0.05) is 90.1 Å². The predicted molar refractivity (Wildman–Crippen MR) is 202 cm³/mol. The van der Waals surface area contributed by atoms with Crippen LogP contribution in [0.25, 0.3) is 0 Å². The van der Waals surface area contributed by atoms with Crippen LogP contribution in [-0.2, 0) is 24.0 Å². The number of hydrogen-bond acceptors (Lipinski definition) is 8. The molecule has 1 unspecified atom stereocenters. The third-order valence-electron chi connectivity index (χ3n) is 11.4. The second-order valence-electron chi connectivity index (χ2n) is 16.4. The van der Waals surface area contributed by atoms with Crippen molar-refractivity contribution in [1.29, 1.82) is 0 Å². The summed E-state index contributed by atoms with van der Waals surface area (Å²) in [5.41, 5.74) is 0.182. The molecule has 5 rings (SSSR count). The molecule has 7 atom stereocenters. The number of hydrogen-bond donors (Lipinski definition) is 4. The Bertz CT molecular complexity index is 1640. The minimum Gasteiger partial charge on any atom is -0.344 e. The van der Waals surface area contributed by atoms with E-state index in [4.69, 9.17) is 0 Å². The van der Waals surface area contributed by atoms with Crippen molar-refractivity contribution in [2.45, 2.75) is 129 Å². The summed E-state index contributed by atoms with van der Waals surface area (Å²) in [5.74, 6) is -3.49. The van der Waals surface area contributed by atoms with E-state index in [0.717, 1.165) is 56.9 Å². The molecule has 1 aromatic heterocycles. The standard InChI is InChI=1S/C41H57N7O6/c1-6-14-30(34(49)39(53)44-25(2)26-15-9-7-10-16-26)45-38(52)33-29-20-13-19-28(29)24-48(33)40(54)35(41(3,4)5)47-37(51)32(27-17-11-8-12-18-27)46-36(50)31-23-42-21-22-43-31/h7,9-10,15-16,21-23,25,27-30,32-33,35H,6,8,11-14,17-20,24H2,1-5H3,(H,44,53)(H,45,52)(H,46,50)(H,47,51)/t25-,28-,29-,30?,32+,33-,35+/m0/s1. The Balaban J connectivity index is 1.34. The molecule has 2 aliphatic carbocycles. The van der Waals surface area contributed by atoms with Crippen LogP contribution < -0.4 is 21.3 Å². The minimum atomic E-state index is -1.06. The van der Waals surface area contributed by atoms with Crippen molar-refractivity contribution in [2.24, 2.45) is 23.2 Å². The van der Waals surface area contributed by atoms with Gasteiger partial charge in [0.05, 0.1) is 18.3 Å². The molecular formula is C41H57N7O6. The summed E-state index contributed by atoms with van der Waals surface area (Å²) in [6.07, 6.45) is 12.0. The third kappa shape index (κ3) is 9.70. The molecule has 5 amide bonds. The van der Waals surface area contributed by atoms with Gasteiger partial charge in [0.2, 0.25) is 23.5 Å². The number of Topliss-reactive ketones (excluding diaryl/α,β-unsaturated/α-hetero) is 1. The molecule has 3 fully saturated rings. The van der Waals surface area contributed by atoms with Crippen LogP contribution in [0.4, 0.5) is 0 Å². The number of ketones is 1. The van der Waals surface area contributed by atoms with Crippen LogP contribution in [0.2, 0.25) is 0 Å². The van der Waals surface area contributed by atoms with Gasteiger partial charge in [-0.25, -0.2) is 4.98 Å². The lowest BCUT2D eigenvalue weighted by molar-refractivity contribution is -0.146. The average molecular weight is 744 g/mol. The van der Waals surface area contributed by atoms with E-state index in [0.29, 0.717) is 13.0 Å². The molecule has 4 N–H and O–H groups in total. The Morgan fingerprint density at radius 1 is 0.870 bits per heavy atom. The summed E-state index contributed by atoms with van der Waals surface area (Å²) in [6, 6.07) is 5.06. The third-order valence-corrected chi connectivity index (χ3v) is 11.4. The Kier molecular flexibility index (Phi) is 13.6. The highest BCUT2D eigenvalue weighted by Gasteiger charge is 2.52. The lowest BCUT2D eigenvalue weighted by atomic mass is 9.82. The quantitative estimate of drug-likeness (QED) is 0.209. The summed E-state index contributed by atoms with van der Waals surface area (Å²) >= 11 is 0. The summed E-state index contributed by atoms with van der Waals surface area (Å²) in [4.78, 5) is 92.8. The molecule has 2 aromatic rings. The number of nitrogens with zero attached hydrogens (tertiary/aromatic N) is 3. The van der Waals surface area contributed by atoms with Crippen LogP contribution in [-0.4, -0.2) is 80.9 Å². The lowest BCUT2D eigenvalue weighted by Gasteiger charge is -2.38. The van der Waals surface area contributed by atoms with Crippen LogP contribution in [0.3, 0.4) is 0 Å². The zero-order valence-corrected chi connectivity index (χ0v) is 32.3. The van der Waals surface area contributed by atoms with Crippen LogP contribution in [0.1, 0.15) is 121 Å². The van der Waals surface area contributed by atoms with Crippen molar-refractivity contribution in [3.8, 4) is 0 Å². The van der Waals surface area contributed by atoms with Gasteiger partial charge in [-0.15, -0.1) is 0 Å². The fourth-order valence-electron chi connectivity index (χ4n) is 8.48. The summed E-state index contributed by atoms with van der Waals surface area (Å²) in [7, 11) is 0. The van der Waals surface area contributed by atoms with E-state index in [1.807, 2.05) is 58.0 Å². The number of carbonyl (C=O) groups excluding carboxylic acids is 6. The number of benzene rings is 1. The summed E-state index contributed by atoms with van der Waals surface area (Å²) < 4.78 is 0. The van der Waals surface area contributed by atoms with Crippen LogP contribution >= 0.6 is 0 Å². The molecule has 54 heavy (non-hydrogen) atoms. The van der Waals surface area contributed by atoms with Gasteiger partial charge in [0.1, 0.15) is 23.8 Å². The van der Waals surface area contributed by atoms with E-state index < -0.39 is 65.0 Å².